The summed E-state index contributed by atoms with van der Waals surface area (Å²) in [5.74, 6) is 0.342. The van der Waals surface area contributed by atoms with Crippen LogP contribution in [0.25, 0.3) is 0 Å². The van der Waals surface area contributed by atoms with E-state index < -0.39 is 5.97 Å². The summed E-state index contributed by atoms with van der Waals surface area (Å²) in [6.07, 6.45) is 1.61. The van der Waals surface area contributed by atoms with Crippen LogP contribution in [0, 0.1) is 0 Å². The second-order valence-corrected chi connectivity index (χ2v) is 7.31. The number of anilines is 1. The molecule has 3 aromatic rings. The van der Waals surface area contributed by atoms with Crippen molar-refractivity contribution in [3.05, 3.63) is 78.0 Å². The molecule has 0 unspecified atom stereocenters. The minimum absolute atomic E-state index is 0.0387. The number of carboxylic acids is 1. The lowest BCUT2D eigenvalue weighted by molar-refractivity contribution is -0.115. The van der Waals surface area contributed by atoms with Gasteiger partial charge >= 0.3 is 5.97 Å². The van der Waals surface area contributed by atoms with Gasteiger partial charge in [0.1, 0.15) is 18.1 Å². The second kappa shape index (κ2) is 10.9. The van der Waals surface area contributed by atoms with Crippen LogP contribution in [0.2, 0.25) is 0 Å². The number of aromatic nitrogens is 1. The summed E-state index contributed by atoms with van der Waals surface area (Å²) >= 11 is 0. The maximum Gasteiger partial charge on any atom is 0.337 e. The van der Waals surface area contributed by atoms with Crippen molar-refractivity contribution in [1.82, 2.24) is 9.88 Å². The van der Waals surface area contributed by atoms with Crippen molar-refractivity contribution in [2.24, 2.45) is 0 Å². The third-order valence-electron chi connectivity index (χ3n) is 4.45. The van der Waals surface area contributed by atoms with E-state index in [4.69, 9.17) is 9.47 Å². The lowest BCUT2D eigenvalue weighted by Crippen LogP contribution is -2.19. The molecule has 2 N–H and O–H groups in total. The number of aromatic carboxylic acids is 1. The molecule has 2 aromatic carbocycles. The van der Waals surface area contributed by atoms with Crippen LogP contribution in [0.5, 0.6) is 17.4 Å². The first-order chi connectivity index (χ1) is 15.4. The normalized spacial score (nSPS) is 10.6. The first-order valence-electron chi connectivity index (χ1n) is 10.0. The molecule has 0 aliphatic carbocycles. The Kier molecular flexibility index (Phi) is 7.77. The first kappa shape index (κ1) is 22.8. The van der Waals surface area contributed by atoms with E-state index in [1.165, 1.54) is 6.07 Å². The molecule has 0 aliphatic rings. The van der Waals surface area contributed by atoms with Gasteiger partial charge in [0, 0.05) is 18.8 Å². The summed E-state index contributed by atoms with van der Waals surface area (Å²) in [7, 11) is 3.98. The van der Waals surface area contributed by atoms with Gasteiger partial charge in [0.25, 0.3) is 0 Å². The third kappa shape index (κ3) is 6.82. The molecule has 0 bridgehead atoms. The Balaban J connectivity index is 1.53. The molecule has 8 nitrogen and oxygen atoms in total. The van der Waals surface area contributed by atoms with E-state index in [-0.39, 0.29) is 23.6 Å². The van der Waals surface area contributed by atoms with E-state index in [1.54, 1.807) is 48.7 Å². The number of benzene rings is 2. The fraction of sp³-hybridized carbons (Fsp3) is 0.208. The van der Waals surface area contributed by atoms with Crippen molar-refractivity contribution >= 4 is 17.6 Å². The Hall–Kier alpha value is -3.91. The molecule has 1 aromatic heterocycles. The molecule has 1 amide bonds. The van der Waals surface area contributed by atoms with Gasteiger partial charge < -0.3 is 24.8 Å². The fourth-order valence-corrected chi connectivity index (χ4v) is 2.80. The van der Waals surface area contributed by atoms with E-state index in [0.29, 0.717) is 23.8 Å². The quantitative estimate of drug-likeness (QED) is 0.501. The summed E-state index contributed by atoms with van der Waals surface area (Å²) < 4.78 is 11.4. The Morgan fingerprint density at radius 2 is 1.72 bits per heavy atom. The van der Waals surface area contributed by atoms with E-state index in [2.05, 4.69) is 10.3 Å². The van der Waals surface area contributed by atoms with Crippen LogP contribution in [0.15, 0.2) is 66.9 Å². The number of carbonyl (C=O) groups is 2. The third-order valence-corrected chi connectivity index (χ3v) is 4.45. The number of para-hydroxylation sites is 1. The molecule has 8 heteroatoms. The van der Waals surface area contributed by atoms with E-state index >= 15 is 0 Å². The summed E-state index contributed by atoms with van der Waals surface area (Å²) in [5, 5.41) is 11.8. The molecule has 0 aliphatic heterocycles. The molecule has 0 saturated heterocycles. The van der Waals surface area contributed by atoms with Crippen LogP contribution in [0.1, 0.15) is 15.9 Å². The molecule has 3 rings (SSSR count). The van der Waals surface area contributed by atoms with Gasteiger partial charge in [0.15, 0.2) is 0 Å². The maximum absolute atomic E-state index is 12.3. The van der Waals surface area contributed by atoms with E-state index in [0.717, 1.165) is 12.3 Å². The summed E-state index contributed by atoms with van der Waals surface area (Å²) in [6.45, 7) is 1.43. The number of hydrogen-bond donors (Lipinski definition) is 2. The van der Waals surface area contributed by atoms with Gasteiger partial charge in [-0.1, -0.05) is 18.2 Å². The van der Waals surface area contributed by atoms with Gasteiger partial charge in [-0.05, 0) is 56.1 Å². The Labute approximate surface area is 186 Å². The van der Waals surface area contributed by atoms with Gasteiger partial charge in [-0.3, -0.25) is 4.79 Å². The van der Waals surface area contributed by atoms with Crippen molar-refractivity contribution in [3.63, 3.8) is 0 Å². The second-order valence-electron chi connectivity index (χ2n) is 7.31. The standard InChI is InChI=1S/C24H25N3O5/c1-27(2)13-14-31-18-8-10-19(11-9-18)32-23-12-7-17(16-25-23)15-22(28)26-21-6-4-3-5-20(21)24(29)30/h3-12,16H,13-15H2,1-2H3,(H,26,28)(H,29,30). The topological polar surface area (TPSA) is 101 Å². The largest absolute Gasteiger partial charge is 0.492 e. The van der Waals surface area contributed by atoms with Gasteiger partial charge in [-0.2, -0.15) is 0 Å². The maximum atomic E-state index is 12.3. The number of amides is 1. The van der Waals surface area contributed by atoms with Crippen LogP contribution in [-0.2, 0) is 11.2 Å². The monoisotopic (exact) mass is 435 g/mol. The molecule has 1 heterocycles. The van der Waals surface area contributed by atoms with Crippen LogP contribution in [0.3, 0.4) is 0 Å². The molecular formula is C24H25N3O5. The number of hydrogen-bond acceptors (Lipinski definition) is 6. The first-order valence-corrected chi connectivity index (χ1v) is 10.0. The highest BCUT2D eigenvalue weighted by atomic mass is 16.5. The summed E-state index contributed by atoms with van der Waals surface area (Å²) in [5.41, 5.74) is 0.969. The van der Waals surface area contributed by atoms with Crippen molar-refractivity contribution in [1.29, 1.82) is 0 Å². The highest BCUT2D eigenvalue weighted by Crippen LogP contribution is 2.23. The van der Waals surface area contributed by atoms with Gasteiger partial charge in [0.2, 0.25) is 11.8 Å². The lowest BCUT2D eigenvalue weighted by Gasteiger charge is -2.11. The molecule has 0 spiro atoms. The average molecular weight is 435 g/mol. The zero-order chi connectivity index (χ0) is 22.9. The van der Waals surface area contributed by atoms with Crippen molar-refractivity contribution < 1.29 is 24.2 Å². The Morgan fingerprint density at radius 1 is 1.00 bits per heavy atom. The van der Waals surface area contributed by atoms with Gasteiger partial charge in [-0.25, -0.2) is 9.78 Å². The van der Waals surface area contributed by atoms with Crippen LogP contribution >= 0.6 is 0 Å². The molecule has 0 saturated carbocycles. The fourth-order valence-electron chi connectivity index (χ4n) is 2.80. The van der Waals surface area contributed by atoms with Gasteiger partial charge in [0.05, 0.1) is 17.7 Å². The minimum Gasteiger partial charge on any atom is -0.492 e. The molecule has 32 heavy (non-hydrogen) atoms. The number of ether oxygens (including phenoxy) is 2. The Morgan fingerprint density at radius 3 is 2.38 bits per heavy atom. The van der Waals surface area contributed by atoms with Gasteiger partial charge in [-0.15, -0.1) is 0 Å². The molecule has 166 valence electrons. The molecular weight excluding hydrogens is 410 g/mol. The number of carboxylic acid groups (broad SMARTS) is 1. The van der Waals surface area contributed by atoms with Crippen LogP contribution < -0.4 is 14.8 Å². The highest BCUT2D eigenvalue weighted by Gasteiger charge is 2.12. The number of pyridine rings is 1. The molecule has 0 atom stereocenters. The summed E-state index contributed by atoms with van der Waals surface area (Å²) in [6, 6.07) is 16.9. The predicted molar refractivity (Wildman–Crippen MR) is 121 cm³/mol. The van der Waals surface area contributed by atoms with Crippen LogP contribution in [0.4, 0.5) is 5.69 Å². The number of rotatable bonds is 10. The number of nitrogens with one attached hydrogen (secondary N) is 1. The highest BCUT2D eigenvalue weighted by molar-refractivity contribution is 6.00. The van der Waals surface area contributed by atoms with Crippen LogP contribution in [-0.4, -0.2) is 54.1 Å². The smallest absolute Gasteiger partial charge is 0.337 e. The molecule has 0 fully saturated rings. The van der Waals surface area contributed by atoms with E-state index in [9.17, 15) is 14.7 Å². The summed E-state index contributed by atoms with van der Waals surface area (Å²) in [4.78, 5) is 29.8. The number of nitrogens with zero attached hydrogens (tertiary/aromatic N) is 2. The zero-order valence-corrected chi connectivity index (χ0v) is 17.9. The van der Waals surface area contributed by atoms with Crippen molar-refractivity contribution in [3.8, 4) is 17.4 Å². The molecule has 0 radical (unpaired) electrons. The average Bonchev–Trinajstić information content (AvgIpc) is 2.76. The van der Waals surface area contributed by atoms with E-state index in [1.807, 2.05) is 31.1 Å². The zero-order valence-electron chi connectivity index (χ0n) is 17.9. The van der Waals surface area contributed by atoms with Crippen molar-refractivity contribution in [2.45, 2.75) is 6.42 Å². The predicted octanol–water partition coefficient (Wildman–Crippen LogP) is 3.69. The SMILES string of the molecule is CN(C)CCOc1ccc(Oc2ccc(CC(=O)Nc3ccccc3C(=O)O)cn2)cc1. The Bertz CT molecular complexity index is 1050. The lowest BCUT2D eigenvalue weighted by atomic mass is 10.1. The minimum atomic E-state index is -1.10. The van der Waals surface area contributed by atoms with Crippen molar-refractivity contribution in [2.75, 3.05) is 32.6 Å². The number of carbonyl (C=O) groups excluding carboxylic acids is 1. The number of likely N-dealkylation sites (N-methyl/N-ethyl adjacent to an activating group) is 1.